The smallest absolute Gasteiger partial charge is 0.320 e. The van der Waals surface area contributed by atoms with Crippen LogP contribution in [-0.4, -0.2) is 17.1 Å². The Bertz CT molecular complexity index is 421. The third-order valence-corrected chi connectivity index (χ3v) is 2.18. The van der Waals surface area contributed by atoms with Crippen LogP contribution in [0.2, 0.25) is 0 Å². The molecule has 1 rings (SSSR count). The van der Waals surface area contributed by atoms with Crippen LogP contribution in [0.1, 0.15) is 16.7 Å². The first-order valence-corrected chi connectivity index (χ1v) is 4.52. The topological polar surface area (TPSA) is 87.1 Å². The average Bonchev–Trinajstić information content (AvgIpc) is 2.18. The van der Waals surface area contributed by atoms with Gasteiger partial charge in [0.25, 0.3) is 0 Å². The summed E-state index contributed by atoms with van der Waals surface area (Å²) in [6, 6.07) is 6.36. The second kappa shape index (κ2) is 4.58. The lowest BCUT2D eigenvalue weighted by Crippen LogP contribution is -2.32. The number of nitriles is 1. The van der Waals surface area contributed by atoms with Gasteiger partial charge in [-0.3, -0.25) is 4.79 Å². The highest BCUT2D eigenvalue weighted by atomic mass is 16.4. The van der Waals surface area contributed by atoms with E-state index in [0.717, 1.165) is 11.1 Å². The third kappa shape index (κ3) is 2.79. The predicted octanol–water partition coefficient (Wildman–Crippen LogP) is 0.821. The molecule has 15 heavy (non-hydrogen) atoms. The Labute approximate surface area is 87.9 Å². The maximum absolute atomic E-state index is 10.5. The molecule has 0 aliphatic carbocycles. The predicted molar refractivity (Wildman–Crippen MR) is 55.2 cm³/mol. The molecule has 0 aliphatic heterocycles. The molecule has 78 valence electrons. The van der Waals surface area contributed by atoms with E-state index in [2.05, 4.69) is 6.07 Å². The van der Waals surface area contributed by atoms with E-state index < -0.39 is 12.0 Å². The largest absolute Gasteiger partial charge is 0.480 e. The first-order valence-electron chi connectivity index (χ1n) is 4.52. The van der Waals surface area contributed by atoms with E-state index >= 15 is 0 Å². The molecule has 1 unspecified atom stereocenters. The Balaban J connectivity index is 2.85. The third-order valence-electron chi connectivity index (χ3n) is 2.18. The number of nitrogens with zero attached hydrogens (tertiary/aromatic N) is 1. The summed E-state index contributed by atoms with van der Waals surface area (Å²) in [4.78, 5) is 10.5. The molecule has 4 heteroatoms. The summed E-state index contributed by atoms with van der Waals surface area (Å²) >= 11 is 0. The van der Waals surface area contributed by atoms with Crippen molar-refractivity contribution in [1.29, 1.82) is 5.26 Å². The van der Waals surface area contributed by atoms with Gasteiger partial charge in [0.05, 0.1) is 11.6 Å². The summed E-state index contributed by atoms with van der Waals surface area (Å²) < 4.78 is 0. The van der Waals surface area contributed by atoms with Gasteiger partial charge >= 0.3 is 5.97 Å². The molecule has 4 nitrogen and oxygen atoms in total. The molecular formula is C11H12N2O2. The number of benzene rings is 1. The number of aryl methyl sites for hydroxylation is 1. The van der Waals surface area contributed by atoms with Gasteiger partial charge in [0.2, 0.25) is 0 Å². The number of carbonyl (C=O) groups is 1. The first kappa shape index (κ1) is 11.2. The van der Waals surface area contributed by atoms with Gasteiger partial charge < -0.3 is 10.8 Å². The van der Waals surface area contributed by atoms with Crippen molar-refractivity contribution < 1.29 is 9.90 Å². The van der Waals surface area contributed by atoms with Crippen LogP contribution >= 0.6 is 0 Å². The van der Waals surface area contributed by atoms with Gasteiger partial charge in [-0.25, -0.2) is 0 Å². The van der Waals surface area contributed by atoms with Crippen molar-refractivity contribution in [2.24, 2.45) is 5.73 Å². The number of hydrogen-bond acceptors (Lipinski definition) is 3. The molecule has 0 fully saturated rings. The Hall–Kier alpha value is -1.86. The van der Waals surface area contributed by atoms with Crippen molar-refractivity contribution in [3.05, 3.63) is 34.9 Å². The number of aliphatic carboxylic acids is 1. The van der Waals surface area contributed by atoms with Gasteiger partial charge in [0.1, 0.15) is 6.04 Å². The quantitative estimate of drug-likeness (QED) is 0.763. The molecule has 0 saturated heterocycles. The van der Waals surface area contributed by atoms with Gasteiger partial charge in [0, 0.05) is 0 Å². The van der Waals surface area contributed by atoms with E-state index in [-0.39, 0.29) is 6.42 Å². The number of rotatable bonds is 3. The molecule has 0 radical (unpaired) electrons. The van der Waals surface area contributed by atoms with Crippen molar-refractivity contribution in [3.8, 4) is 6.07 Å². The molecule has 3 N–H and O–H groups in total. The van der Waals surface area contributed by atoms with Crippen LogP contribution in [0, 0.1) is 18.3 Å². The summed E-state index contributed by atoms with van der Waals surface area (Å²) in [7, 11) is 0. The van der Waals surface area contributed by atoms with Crippen LogP contribution in [-0.2, 0) is 11.2 Å². The fourth-order valence-corrected chi connectivity index (χ4v) is 1.32. The highest BCUT2D eigenvalue weighted by Gasteiger charge is 2.12. The molecule has 0 aliphatic rings. The zero-order valence-electron chi connectivity index (χ0n) is 8.40. The molecular weight excluding hydrogens is 192 g/mol. The number of carboxylic acids is 1. The highest BCUT2D eigenvalue weighted by molar-refractivity contribution is 5.73. The summed E-state index contributed by atoms with van der Waals surface area (Å²) in [6.07, 6.45) is 0.280. The molecule has 0 spiro atoms. The van der Waals surface area contributed by atoms with Crippen LogP contribution in [0.5, 0.6) is 0 Å². The lowest BCUT2D eigenvalue weighted by Gasteiger charge is -2.07. The standard InChI is InChI=1S/C11H12N2O2/c1-7-4-8(2-3-9(7)6-12)5-10(13)11(14)15/h2-4,10H,5,13H2,1H3,(H,14,15). The molecule has 0 heterocycles. The number of nitrogens with two attached hydrogens (primary N) is 1. The lowest BCUT2D eigenvalue weighted by molar-refractivity contribution is -0.138. The first-order chi connectivity index (χ1) is 7.04. The molecule has 0 amide bonds. The summed E-state index contributed by atoms with van der Waals surface area (Å²) in [6.45, 7) is 1.81. The Kier molecular flexibility index (Phi) is 3.42. The van der Waals surface area contributed by atoms with Crippen molar-refractivity contribution in [2.45, 2.75) is 19.4 Å². The number of hydrogen-bond donors (Lipinski definition) is 2. The fourth-order valence-electron chi connectivity index (χ4n) is 1.32. The normalized spacial score (nSPS) is 11.8. The molecule has 1 aromatic rings. The summed E-state index contributed by atoms with van der Waals surface area (Å²) in [5.41, 5.74) is 7.68. The zero-order chi connectivity index (χ0) is 11.4. The monoisotopic (exact) mass is 204 g/mol. The highest BCUT2D eigenvalue weighted by Crippen LogP contribution is 2.11. The minimum atomic E-state index is -1.02. The van der Waals surface area contributed by atoms with Crippen molar-refractivity contribution >= 4 is 5.97 Å². The van der Waals surface area contributed by atoms with Gasteiger partial charge in [-0.05, 0) is 30.5 Å². The van der Waals surface area contributed by atoms with Crippen LogP contribution in [0.15, 0.2) is 18.2 Å². The average molecular weight is 204 g/mol. The Morgan fingerprint density at radius 3 is 2.80 bits per heavy atom. The minimum Gasteiger partial charge on any atom is -0.480 e. The maximum atomic E-state index is 10.5. The van der Waals surface area contributed by atoms with Gasteiger partial charge in [-0.2, -0.15) is 5.26 Å². The minimum absolute atomic E-state index is 0.280. The van der Waals surface area contributed by atoms with Crippen molar-refractivity contribution in [3.63, 3.8) is 0 Å². The van der Waals surface area contributed by atoms with Crippen LogP contribution in [0.4, 0.5) is 0 Å². The van der Waals surface area contributed by atoms with E-state index in [0.29, 0.717) is 5.56 Å². The van der Waals surface area contributed by atoms with E-state index in [1.165, 1.54) is 0 Å². The second-order valence-corrected chi connectivity index (χ2v) is 3.41. The van der Waals surface area contributed by atoms with Gasteiger partial charge in [-0.1, -0.05) is 12.1 Å². The molecule has 0 aromatic heterocycles. The van der Waals surface area contributed by atoms with E-state index in [4.69, 9.17) is 16.1 Å². The van der Waals surface area contributed by atoms with Crippen molar-refractivity contribution in [1.82, 2.24) is 0 Å². The number of carboxylic acid groups (broad SMARTS) is 1. The lowest BCUT2D eigenvalue weighted by atomic mass is 10.0. The zero-order valence-corrected chi connectivity index (χ0v) is 8.40. The molecule has 1 atom stereocenters. The van der Waals surface area contributed by atoms with Gasteiger partial charge in [-0.15, -0.1) is 0 Å². The van der Waals surface area contributed by atoms with E-state index in [1.54, 1.807) is 18.2 Å². The SMILES string of the molecule is Cc1cc(CC(N)C(=O)O)ccc1C#N. The molecule has 0 bridgehead atoms. The Morgan fingerprint density at radius 1 is 1.67 bits per heavy atom. The molecule has 1 aromatic carbocycles. The maximum Gasteiger partial charge on any atom is 0.320 e. The van der Waals surface area contributed by atoms with Crippen LogP contribution in [0.25, 0.3) is 0 Å². The Morgan fingerprint density at radius 2 is 2.33 bits per heavy atom. The van der Waals surface area contributed by atoms with E-state index in [1.807, 2.05) is 6.92 Å². The van der Waals surface area contributed by atoms with Gasteiger partial charge in [0.15, 0.2) is 0 Å². The summed E-state index contributed by atoms with van der Waals surface area (Å²) in [5, 5.41) is 17.3. The summed E-state index contributed by atoms with van der Waals surface area (Å²) in [5.74, 6) is -1.02. The fraction of sp³-hybridized carbons (Fsp3) is 0.273. The second-order valence-electron chi connectivity index (χ2n) is 3.41. The van der Waals surface area contributed by atoms with E-state index in [9.17, 15) is 4.79 Å². The van der Waals surface area contributed by atoms with Crippen molar-refractivity contribution in [2.75, 3.05) is 0 Å². The van der Waals surface area contributed by atoms with Crippen LogP contribution < -0.4 is 5.73 Å². The van der Waals surface area contributed by atoms with Crippen LogP contribution in [0.3, 0.4) is 0 Å². The molecule has 0 saturated carbocycles.